The molecule has 1 unspecified atom stereocenters. The number of nitrogens with zero attached hydrogens (tertiary/aromatic N) is 6. The molecule has 42 heavy (non-hydrogen) atoms. The van der Waals surface area contributed by atoms with Crippen LogP contribution in [0.5, 0.6) is 0 Å². The largest absolute Gasteiger partial charge is 0.494 e. The lowest BCUT2D eigenvalue weighted by molar-refractivity contribution is -0.0500. The van der Waals surface area contributed by atoms with Crippen molar-refractivity contribution in [2.45, 2.75) is 65.1 Å². The van der Waals surface area contributed by atoms with E-state index in [2.05, 4.69) is 64.1 Å². The molecule has 1 N–H and O–H groups in total. The summed E-state index contributed by atoms with van der Waals surface area (Å²) in [5.41, 5.74) is 1.42. The summed E-state index contributed by atoms with van der Waals surface area (Å²) in [6, 6.07) is 9.26. The van der Waals surface area contributed by atoms with Gasteiger partial charge in [-0.3, -0.25) is 9.36 Å². The third-order valence-corrected chi connectivity index (χ3v) is 8.93. The number of fused-ring (bicyclic) bond motifs is 1. The molecule has 1 amide bonds. The number of ether oxygens (including phenoxy) is 2. The smallest absolute Gasteiger partial charge is 0.259 e. The molecule has 0 radical (unpaired) electrons. The van der Waals surface area contributed by atoms with Gasteiger partial charge in [-0.15, -0.1) is 0 Å². The lowest BCUT2D eigenvalue weighted by Gasteiger charge is -2.35. The van der Waals surface area contributed by atoms with Crippen LogP contribution in [0.4, 0.5) is 5.82 Å². The highest BCUT2D eigenvalue weighted by Crippen LogP contribution is 2.47. The van der Waals surface area contributed by atoms with Crippen molar-refractivity contribution in [3.63, 3.8) is 0 Å². The first kappa shape index (κ1) is 31.5. The second-order valence-electron chi connectivity index (χ2n) is 10.4. The predicted molar refractivity (Wildman–Crippen MR) is 160 cm³/mol. The summed E-state index contributed by atoms with van der Waals surface area (Å²) in [6.07, 6.45) is 3.05. The molecule has 0 spiro atoms. The zero-order valence-corrected chi connectivity index (χ0v) is 25.5. The van der Waals surface area contributed by atoms with Gasteiger partial charge < -0.3 is 28.7 Å². The molecular weight excluding hydrogens is 557 g/mol. The van der Waals surface area contributed by atoms with Gasteiger partial charge in [0.25, 0.3) is 14.4 Å². The van der Waals surface area contributed by atoms with Crippen molar-refractivity contribution in [2.75, 3.05) is 25.1 Å². The Hall–Kier alpha value is -3.46. The summed E-state index contributed by atoms with van der Waals surface area (Å²) in [7, 11) is -1.42. The van der Waals surface area contributed by atoms with Crippen molar-refractivity contribution in [2.24, 2.45) is 5.92 Å². The summed E-state index contributed by atoms with van der Waals surface area (Å²) in [5.74, 6) is -0.0894. The monoisotopic (exact) mass is 595 g/mol. The van der Waals surface area contributed by atoms with Gasteiger partial charge in [-0.1, -0.05) is 31.7 Å². The molecule has 0 saturated carbocycles. The molecule has 1 aromatic carbocycles. The molecule has 1 fully saturated rings. The van der Waals surface area contributed by atoms with Crippen LogP contribution in [0.3, 0.4) is 0 Å². The lowest BCUT2D eigenvalue weighted by atomic mass is 10.0. The first-order valence-electron chi connectivity index (χ1n) is 13.9. The Kier molecular flexibility index (Phi) is 11.0. The van der Waals surface area contributed by atoms with Gasteiger partial charge in [-0.2, -0.15) is 0 Å². The van der Waals surface area contributed by atoms with Crippen LogP contribution in [0.25, 0.3) is 16.0 Å². The highest BCUT2D eigenvalue weighted by molar-refractivity contribution is 7.44. The molecule has 13 heteroatoms. The van der Waals surface area contributed by atoms with Crippen LogP contribution in [0.1, 0.15) is 51.2 Å². The standard InChI is InChI=1S/C29H38N7O5P/c1-8-38-25-21(6)23(16-40-42(39-15-14-30-7)36(19(2)3)20(4)5)41-29(25)35-18-33-24-26(31-17-32-27(24)35)34-28(37)22-12-10-9-11-13-22/h8-13,17-21,23,25,29H,1,14-16H2,2-6H3,(H,31,32,34,37)/t21-,23-,25-,29-,42?/m1/s1. The molecule has 2 aromatic heterocycles. The summed E-state index contributed by atoms with van der Waals surface area (Å²) in [6.45, 7) is 22.1. The predicted octanol–water partition coefficient (Wildman–Crippen LogP) is 5.44. The quantitative estimate of drug-likeness (QED) is 0.113. The second kappa shape index (κ2) is 14.6. The van der Waals surface area contributed by atoms with Gasteiger partial charge in [0.2, 0.25) is 6.54 Å². The van der Waals surface area contributed by atoms with Gasteiger partial charge in [0.05, 0.1) is 25.3 Å². The number of hydrogen-bond donors (Lipinski definition) is 1. The van der Waals surface area contributed by atoms with Gasteiger partial charge in [0, 0.05) is 23.6 Å². The molecule has 1 aliphatic rings. The SMILES string of the molecule is [C-]#[N+]CCOP(OC[C@H]1O[C@@H](n2cnc3c(NC(=O)c4ccccc4)ncnc32)[C@H](OC=C)[C@@H]1C)N(C(C)C)C(C)C. The molecule has 3 aromatic rings. The molecule has 3 heterocycles. The van der Waals surface area contributed by atoms with E-state index in [1.54, 1.807) is 35.2 Å². The number of aromatic nitrogens is 4. The number of carbonyl (C=O) groups excluding carboxylic acids is 1. The van der Waals surface area contributed by atoms with Crippen molar-refractivity contribution >= 4 is 31.4 Å². The number of rotatable bonds is 14. The number of carbonyl (C=O) groups is 1. The van der Waals surface area contributed by atoms with Crippen molar-refractivity contribution in [3.05, 3.63) is 72.8 Å². The summed E-state index contributed by atoms with van der Waals surface area (Å²) < 4.78 is 28.9. The Balaban J connectivity index is 1.55. The third kappa shape index (κ3) is 7.12. The lowest BCUT2D eigenvalue weighted by Crippen LogP contribution is -2.35. The summed E-state index contributed by atoms with van der Waals surface area (Å²) in [4.78, 5) is 29.4. The van der Waals surface area contributed by atoms with Crippen LogP contribution in [-0.2, 0) is 18.5 Å². The van der Waals surface area contributed by atoms with Crippen molar-refractivity contribution in [3.8, 4) is 0 Å². The molecular formula is C29H38N7O5P. The van der Waals surface area contributed by atoms with E-state index in [1.165, 1.54) is 12.6 Å². The fraction of sp³-hybridized carbons (Fsp3) is 0.483. The van der Waals surface area contributed by atoms with Crippen LogP contribution in [0, 0.1) is 12.5 Å². The Bertz CT molecular complexity index is 1370. The van der Waals surface area contributed by atoms with Crippen LogP contribution >= 0.6 is 8.53 Å². The van der Waals surface area contributed by atoms with Crippen LogP contribution in [0.15, 0.2) is 55.8 Å². The first-order valence-corrected chi connectivity index (χ1v) is 15.0. The van der Waals surface area contributed by atoms with Gasteiger partial charge in [-0.25, -0.2) is 26.2 Å². The van der Waals surface area contributed by atoms with Gasteiger partial charge in [0.15, 0.2) is 23.2 Å². The average molecular weight is 596 g/mol. The number of hydrogen-bond acceptors (Lipinski definition) is 9. The van der Waals surface area contributed by atoms with Gasteiger partial charge >= 0.3 is 0 Å². The highest BCUT2D eigenvalue weighted by atomic mass is 31.2. The van der Waals surface area contributed by atoms with Crippen LogP contribution in [0.2, 0.25) is 0 Å². The maximum Gasteiger partial charge on any atom is 0.259 e. The van der Waals surface area contributed by atoms with E-state index >= 15 is 0 Å². The Labute approximate surface area is 247 Å². The van der Waals surface area contributed by atoms with E-state index in [1.807, 2.05) is 13.0 Å². The number of benzene rings is 1. The number of anilines is 1. The van der Waals surface area contributed by atoms with Gasteiger partial charge in [0.1, 0.15) is 19.0 Å². The van der Waals surface area contributed by atoms with E-state index in [0.29, 0.717) is 29.2 Å². The second-order valence-corrected chi connectivity index (χ2v) is 11.8. The van der Waals surface area contributed by atoms with Gasteiger partial charge in [-0.05, 0) is 39.8 Å². The molecule has 224 valence electrons. The minimum atomic E-state index is -1.42. The number of amides is 1. The van der Waals surface area contributed by atoms with E-state index in [-0.39, 0.29) is 43.2 Å². The Morgan fingerprint density at radius 2 is 1.95 bits per heavy atom. The first-order chi connectivity index (χ1) is 20.3. The number of nitrogens with one attached hydrogen (secondary N) is 1. The van der Waals surface area contributed by atoms with E-state index in [4.69, 9.17) is 25.1 Å². The minimum Gasteiger partial charge on any atom is -0.494 e. The minimum absolute atomic E-state index is 0.0869. The Morgan fingerprint density at radius 3 is 2.62 bits per heavy atom. The van der Waals surface area contributed by atoms with Crippen molar-refractivity contribution in [1.29, 1.82) is 0 Å². The molecule has 1 aliphatic heterocycles. The van der Waals surface area contributed by atoms with Crippen LogP contribution in [-0.4, -0.2) is 74.1 Å². The molecule has 0 bridgehead atoms. The average Bonchev–Trinajstić information content (AvgIpc) is 3.53. The zero-order valence-electron chi connectivity index (χ0n) is 24.6. The third-order valence-electron chi connectivity index (χ3n) is 6.85. The van der Waals surface area contributed by atoms with Crippen LogP contribution < -0.4 is 5.32 Å². The molecule has 0 aliphatic carbocycles. The number of imidazole rings is 1. The molecule has 4 rings (SSSR count). The molecule has 5 atom stereocenters. The zero-order chi connectivity index (χ0) is 30.2. The van der Waals surface area contributed by atoms with Crippen molar-refractivity contribution < 1.29 is 23.3 Å². The van der Waals surface area contributed by atoms with E-state index in [0.717, 1.165) is 0 Å². The summed E-state index contributed by atoms with van der Waals surface area (Å²) in [5, 5.41) is 2.83. The summed E-state index contributed by atoms with van der Waals surface area (Å²) >= 11 is 0. The molecule has 12 nitrogen and oxygen atoms in total. The van der Waals surface area contributed by atoms with E-state index < -0.39 is 20.9 Å². The topological polar surface area (TPSA) is 117 Å². The normalized spacial score (nSPS) is 21.1. The van der Waals surface area contributed by atoms with E-state index in [9.17, 15) is 4.79 Å². The maximum atomic E-state index is 12.8. The van der Waals surface area contributed by atoms with Crippen molar-refractivity contribution in [1.82, 2.24) is 24.2 Å². The fourth-order valence-electron chi connectivity index (χ4n) is 4.91. The maximum absolute atomic E-state index is 12.8. The molecule has 1 saturated heterocycles. The Morgan fingerprint density at radius 1 is 1.21 bits per heavy atom. The highest BCUT2D eigenvalue weighted by Gasteiger charge is 2.45. The fourth-order valence-corrected chi connectivity index (χ4v) is 6.52.